The molecule has 0 radical (unpaired) electrons. The third-order valence-electron chi connectivity index (χ3n) is 10.9. The SMILES string of the molecule is C=C/C=C\c1sc2c3c1-c1cc(ccc1C(C)(C)C)N(c1ccc(C(C)(C)C)cc1)c1ccc4c(c1)B3c1c-2cc(C)cc1N4c1ccccc1. The first-order valence-corrected chi connectivity index (χ1v) is 18.9. The molecule has 4 bridgehead atoms. The molecule has 0 fully saturated rings. The van der Waals surface area contributed by atoms with Crippen molar-refractivity contribution in [3.05, 3.63) is 143 Å². The predicted molar refractivity (Wildman–Crippen MR) is 224 cm³/mol. The maximum Gasteiger partial charge on any atom is 0.250 e. The normalized spacial score (nSPS) is 14.1. The molecule has 3 aliphatic heterocycles. The Morgan fingerprint density at radius 2 is 1.33 bits per heavy atom. The molecule has 4 heteroatoms. The van der Waals surface area contributed by atoms with Crippen LogP contribution in [0.15, 0.2) is 122 Å². The Hall–Kier alpha value is -5.06. The maximum absolute atomic E-state index is 4.06. The van der Waals surface area contributed by atoms with Crippen LogP contribution in [0.3, 0.4) is 0 Å². The van der Waals surface area contributed by atoms with Gasteiger partial charge in [0.25, 0.3) is 0 Å². The van der Waals surface area contributed by atoms with E-state index in [0.29, 0.717) is 0 Å². The zero-order valence-electron chi connectivity index (χ0n) is 30.6. The summed E-state index contributed by atoms with van der Waals surface area (Å²) in [5, 5.41) is 0. The first-order valence-electron chi connectivity index (χ1n) is 18.1. The van der Waals surface area contributed by atoms with E-state index in [9.17, 15) is 0 Å². The van der Waals surface area contributed by atoms with Crippen molar-refractivity contribution in [2.75, 3.05) is 9.80 Å². The topological polar surface area (TPSA) is 6.48 Å². The van der Waals surface area contributed by atoms with Gasteiger partial charge < -0.3 is 9.80 Å². The lowest BCUT2D eigenvalue weighted by atomic mass is 9.36. The van der Waals surface area contributed by atoms with Crippen molar-refractivity contribution in [1.29, 1.82) is 0 Å². The van der Waals surface area contributed by atoms with Gasteiger partial charge in [0.2, 0.25) is 6.71 Å². The van der Waals surface area contributed by atoms with Gasteiger partial charge in [-0.15, -0.1) is 11.3 Å². The molecule has 0 N–H and O–H groups in total. The van der Waals surface area contributed by atoms with Crippen LogP contribution in [0.25, 0.3) is 27.6 Å². The number of hydrogen-bond acceptors (Lipinski definition) is 3. The van der Waals surface area contributed by atoms with Crippen LogP contribution < -0.4 is 26.2 Å². The minimum absolute atomic E-state index is 0.0608. The second-order valence-corrected chi connectivity index (χ2v) is 17.4. The van der Waals surface area contributed by atoms with Crippen molar-refractivity contribution in [2.45, 2.75) is 59.3 Å². The van der Waals surface area contributed by atoms with Gasteiger partial charge in [-0.1, -0.05) is 103 Å². The number of anilines is 6. The average Bonchev–Trinajstić information content (AvgIpc) is 3.62. The summed E-state index contributed by atoms with van der Waals surface area (Å²) in [5.41, 5.74) is 19.5. The number of rotatable bonds is 4. The highest BCUT2D eigenvalue weighted by atomic mass is 32.1. The molecule has 2 nitrogen and oxygen atoms in total. The first kappa shape index (κ1) is 31.9. The van der Waals surface area contributed by atoms with Crippen molar-refractivity contribution in [3.63, 3.8) is 0 Å². The van der Waals surface area contributed by atoms with Gasteiger partial charge in [0, 0.05) is 43.9 Å². The lowest BCUT2D eigenvalue weighted by Crippen LogP contribution is -2.55. The van der Waals surface area contributed by atoms with Crippen LogP contribution in [0.4, 0.5) is 34.1 Å². The van der Waals surface area contributed by atoms with E-state index < -0.39 is 0 Å². The molecule has 0 aliphatic carbocycles. The number of hydrogen-bond donors (Lipinski definition) is 0. The Labute approximate surface area is 307 Å². The van der Waals surface area contributed by atoms with Crippen LogP contribution in [-0.4, -0.2) is 6.71 Å². The third kappa shape index (κ3) is 4.83. The number of para-hydroxylation sites is 1. The molecule has 9 rings (SSSR count). The molecule has 250 valence electrons. The van der Waals surface area contributed by atoms with Crippen LogP contribution in [0.2, 0.25) is 0 Å². The third-order valence-corrected chi connectivity index (χ3v) is 12.1. The molecule has 6 aromatic rings. The summed E-state index contributed by atoms with van der Waals surface area (Å²) in [4.78, 5) is 7.66. The molecule has 0 spiro atoms. The lowest BCUT2D eigenvalue weighted by Gasteiger charge is -2.38. The summed E-state index contributed by atoms with van der Waals surface area (Å²) in [7, 11) is 0. The molecule has 0 saturated heterocycles. The van der Waals surface area contributed by atoms with E-state index in [0.717, 1.165) is 5.69 Å². The van der Waals surface area contributed by atoms with E-state index >= 15 is 0 Å². The van der Waals surface area contributed by atoms with E-state index in [1.54, 1.807) is 0 Å². The Balaban J connectivity index is 1.43. The molecule has 3 aliphatic rings. The van der Waals surface area contributed by atoms with Gasteiger partial charge in [-0.25, -0.2) is 0 Å². The minimum Gasteiger partial charge on any atom is -0.311 e. The summed E-state index contributed by atoms with van der Waals surface area (Å²) >= 11 is 1.94. The number of fused-ring (bicyclic) bond motifs is 5. The number of allylic oxidation sites excluding steroid dienone is 2. The number of benzene rings is 5. The molecule has 0 atom stereocenters. The predicted octanol–water partition coefficient (Wildman–Crippen LogP) is 11.6. The molecule has 5 aromatic carbocycles. The number of aryl methyl sites for hydroxylation is 1. The largest absolute Gasteiger partial charge is 0.311 e. The smallest absolute Gasteiger partial charge is 0.250 e. The first-order chi connectivity index (χ1) is 24.4. The second kappa shape index (κ2) is 11.2. The zero-order chi connectivity index (χ0) is 35.4. The fraction of sp³-hybridized carbons (Fsp3) is 0.191. The summed E-state index contributed by atoms with van der Waals surface area (Å²) in [6.07, 6.45) is 6.29. The Kier molecular flexibility index (Phi) is 7.02. The van der Waals surface area contributed by atoms with Crippen LogP contribution in [0.1, 0.15) is 63.1 Å². The summed E-state index contributed by atoms with van der Waals surface area (Å²) in [5.74, 6) is 0. The van der Waals surface area contributed by atoms with Crippen LogP contribution in [-0.2, 0) is 10.8 Å². The molecular weight excluding hydrogens is 635 g/mol. The minimum atomic E-state index is -0.0608. The zero-order valence-corrected chi connectivity index (χ0v) is 31.5. The standard InChI is InChI=1S/C47H43BN2S/c1-9-10-16-41-42-35-27-33(21-23-37(35)47(6,7)8)49(32-19-17-30(18-20-32)46(3,4)5)34-22-24-39-38(28-34)48-43-36(45(51-41)44(42)48)25-29(2)26-40(43)50(39)31-14-12-11-13-15-31/h9-28H,1H2,2-8H3/b16-10-. The van der Waals surface area contributed by atoms with Crippen molar-refractivity contribution >= 4 is 74.6 Å². The highest BCUT2D eigenvalue weighted by Crippen LogP contribution is 2.50. The molecular formula is C47H43BN2S. The monoisotopic (exact) mass is 678 g/mol. The highest BCUT2D eigenvalue weighted by molar-refractivity contribution is 7.22. The van der Waals surface area contributed by atoms with Crippen molar-refractivity contribution in [3.8, 4) is 21.6 Å². The second-order valence-electron chi connectivity index (χ2n) is 16.4. The highest BCUT2D eigenvalue weighted by Gasteiger charge is 2.47. The maximum atomic E-state index is 4.06. The number of nitrogens with zero attached hydrogens (tertiary/aromatic N) is 2. The summed E-state index contributed by atoms with van der Waals surface area (Å²) < 4.78 is 0. The quantitative estimate of drug-likeness (QED) is 0.135. The Bertz CT molecular complexity index is 2420. The van der Waals surface area contributed by atoms with Gasteiger partial charge in [0.15, 0.2) is 0 Å². The Morgan fingerprint density at radius 1 is 0.647 bits per heavy atom. The van der Waals surface area contributed by atoms with Crippen molar-refractivity contribution < 1.29 is 0 Å². The van der Waals surface area contributed by atoms with Crippen molar-refractivity contribution in [2.24, 2.45) is 0 Å². The van der Waals surface area contributed by atoms with E-state index in [1.807, 2.05) is 17.4 Å². The number of thiophene rings is 1. The molecule has 1 aromatic heterocycles. The van der Waals surface area contributed by atoms with Crippen molar-refractivity contribution in [1.82, 2.24) is 0 Å². The van der Waals surface area contributed by atoms with Gasteiger partial charge in [-0.05, 0) is 134 Å². The molecule has 0 amide bonds. The fourth-order valence-electron chi connectivity index (χ4n) is 8.59. The summed E-state index contributed by atoms with van der Waals surface area (Å²) in [6, 6.07) is 39.3. The van der Waals surface area contributed by atoms with Crippen LogP contribution >= 0.6 is 11.3 Å². The van der Waals surface area contributed by atoms with Gasteiger partial charge in [0.05, 0.1) is 0 Å². The fourth-order valence-corrected chi connectivity index (χ4v) is 9.89. The van der Waals surface area contributed by atoms with Crippen LogP contribution in [0.5, 0.6) is 0 Å². The van der Waals surface area contributed by atoms with E-state index in [4.69, 9.17) is 0 Å². The lowest BCUT2D eigenvalue weighted by molar-refractivity contribution is 0.590. The molecule has 0 unspecified atom stereocenters. The summed E-state index contributed by atoms with van der Waals surface area (Å²) in [6.45, 7) is 20.3. The van der Waals surface area contributed by atoms with E-state index in [-0.39, 0.29) is 17.5 Å². The Morgan fingerprint density at radius 3 is 2.04 bits per heavy atom. The molecule has 0 saturated carbocycles. The van der Waals surface area contributed by atoms with Gasteiger partial charge in [-0.3, -0.25) is 0 Å². The molecule has 51 heavy (non-hydrogen) atoms. The van der Waals surface area contributed by atoms with Crippen LogP contribution in [0, 0.1) is 6.92 Å². The van der Waals surface area contributed by atoms with Gasteiger partial charge in [0.1, 0.15) is 0 Å². The van der Waals surface area contributed by atoms with Gasteiger partial charge in [-0.2, -0.15) is 0 Å². The molecule has 4 heterocycles. The van der Waals surface area contributed by atoms with E-state index in [1.165, 1.54) is 88.0 Å². The van der Waals surface area contributed by atoms with Gasteiger partial charge >= 0.3 is 0 Å². The van der Waals surface area contributed by atoms with E-state index in [2.05, 4.69) is 180 Å². The average molecular weight is 679 g/mol.